The van der Waals surface area contributed by atoms with Crippen LogP contribution in [0.25, 0.3) is 0 Å². The number of fused-ring (bicyclic) bond motifs is 1. The van der Waals surface area contributed by atoms with Crippen LogP contribution < -0.4 is 0 Å². The molecule has 1 aromatic carbocycles. The lowest BCUT2D eigenvalue weighted by Gasteiger charge is -2.21. The molecular formula is C19H26ClNO4S. The number of unbranched alkanes of at least 4 members (excludes halogenated alkanes) is 5. The standard InChI is InChI=1S/C19H26ClNO4S/c1-2-3-4-5-6-9-12-26(24,25)15(13-20)14-21-18(22)16-10-7-8-11-17(16)19(21)23/h7-8,10-11,15H,2-6,9,12-14H2,1H3. The van der Waals surface area contributed by atoms with Crippen LogP contribution in [0.4, 0.5) is 0 Å². The molecule has 2 rings (SSSR count). The maximum Gasteiger partial charge on any atom is 0.261 e. The highest BCUT2D eigenvalue weighted by molar-refractivity contribution is 7.92. The second kappa shape index (κ2) is 9.51. The number of imide groups is 1. The maximum absolute atomic E-state index is 12.6. The summed E-state index contributed by atoms with van der Waals surface area (Å²) >= 11 is 5.89. The Labute approximate surface area is 160 Å². The number of carbonyl (C=O) groups is 2. The SMILES string of the molecule is CCCCCCCCS(=O)(=O)C(CCl)CN1C(=O)c2ccccc2C1=O. The summed E-state index contributed by atoms with van der Waals surface area (Å²) in [6.45, 7) is 1.95. The average Bonchev–Trinajstić information content (AvgIpc) is 2.87. The highest BCUT2D eigenvalue weighted by Crippen LogP contribution is 2.24. The number of halogens is 1. The van der Waals surface area contributed by atoms with E-state index in [0.717, 1.165) is 37.0 Å². The molecule has 0 bridgehead atoms. The molecule has 1 aliphatic rings. The van der Waals surface area contributed by atoms with Crippen LogP contribution in [0.1, 0.15) is 66.2 Å². The van der Waals surface area contributed by atoms with Gasteiger partial charge < -0.3 is 0 Å². The zero-order chi connectivity index (χ0) is 19.2. The van der Waals surface area contributed by atoms with Gasteiger partial charge in [-0.2, -0.15) is 0 Å². The summed E-state index contributed by atoms with van der Waals surface area (Å²) in [7, 11) is -3.46. The van der Waals surface area contributed by atoms with Crippen molar-refractivity contribution >= 4 is 33.3 Å². The molecule has 0 radical (unpaired) electrons. The van der Waals surface area contributed by atoms with Crippen molar-refractivity contribution in [3.05, 3.63) is 35.4 Å². The van der Waals surface area contributed by atoms with Crippen LogP contribution in [0.2, 0.25) is 0 Å². The summed E-state index contributed by atoms with van der Waals surface area (Å²) < 4.78 is 25.2. The topological polar surface area (TPSA) is 71.5 Å². The van der Waals surface area contributed by atoms with Crippen molar-refractivity contribution in [3.8, 4) is 0 Å². The molecule has 0 saturated carbocycles. The van der Waals surface area contributed by atoms with Gasteiger partial charge in [0.05, 0.1) is 22.1 Å². The third kappa shape index (κ3) is 4.86. The van der Waals surface area contributed by atoms with Crippen LogP contribution in [-0.4, -0.2) is 48.6 Å². The molecule has 144 valence electrons. The van der Waals surface area contributed by atoms with E-state index in [9.17, 15) is 18.0 Å². The van der Waals surface area contributed by atoms with E-state index in [0.29, 0.717) is 17.5 Å². The van der Waals surface area contributed by atoms with E-state index in [4.69, 9.17) is 11.6 Å². The van der Waals surface area contributed by atoms with E-state index in [-0.39, 0.29) is 18.2 Å². The number of nitrogens with zero attached hydrogens (tertiary/aromatic N) is 1. The first kappa shape index (κ1) is 20.9. The van der Waals surface area contributed by atoms with Gasteiger partial charge in [0.2, 0.25) is 0 Å². The summed E-state index contributed by atoms with van der Waals surface area (Å²) in [4.78, 5) is 25.8. The number of rotatable bonds is 11. The summed E-state index contributed by atoms with van der Waals surface area (Å²) in [5, 5.41) is -0.929. The molecule has 0 spiro atoms. The van der Waals surface area contributed by atoms with Gasteiger partial charge in [0.15, 0.2) is 9.84 Å². The Bertz CT molecular complexity index is 713. The fourth-order valence-electron chi connectivity index (χ4n) is 3.12. The van der Waals surface area contributed by atoms with Crippen molar-refractivity contribution in [1.29, 1.82) is 0 Å². The van der Waals surface area contributed by atoms with E-state index >= 15 is 0 Å². The predicted octanol–water partition coefficient (Wildman–Crippen LogP) is 3.67. The Morgan fingerprint density at radius 2 is 1.50 bits per heavy atom. The quantitative estimate of drug-likeness (QED) is 0.323. The number of alkyl halides is 1. The van der Waals surface area contributed by atoms with Gasteiger partial charge in [0.25, 0.3) is 11.8 Å². The van der Waals surface area contributed by atoms with Crippen LogP contribution in [-0.2, 0) is 9.84 Å². The van der Waals surface area contributed by atoms with Gasteiger partial charge in [0.1, 0.15) is 0 Å². The largest absolute Gasteiger partial charge is 0.273 e. The minimum absolute atomic E-state index is 0.0414. The van der Waals surface area contributed by atoms with Crippen LogP contribution in [0, 0.1) is 0 Å². The van der Waals surface area contributed by atoms with Crippen LogP contribution in [0.3, 0.4) is 0 Å². The van der Waals surface area contributed by atoms with Crippen molar-refractivity contribution in [2.75, 3.05) is 18.2 Å². The average molecular weight is 400 g/mol. The monoisotopic (exact) mass is 399 g/mol. The van der Waals surface area contributed by atoms with Gasteiger partial charge in [0, 0.05) is 12.4 Å². The number of carbonyl (C=O) groups excluding carboxylic acids is 2. The van der Waals surface area contributed by atoms with Crippen LogP contribution >= 0.6 is 11.6 Å². The summed E-state index contributed by atoms with van der Waals surface area (Å²) in [6, 6.07) is 6.52. The lowest BCUT2D eigenvalue weighted by Crippen LogP contribution is -2.42. The molecule has 0 aromatic heterocycles. The second-order valence-corrected chi connectivity index (χ2v) is 9.39. The maximum atomic E-state index is 12.6. The Kier molecular flexibility index (Phi) is 7.65. The minimum Gasteiger partial charge on any atom is -0.273 e. The molecule has 1 aliphatic heterocycles. The van der Waals surface area contributed by atoms with E-state index in [1.54, 1.807) is 24.3 Å². The van der Waals surface area contributed by atoms with Gasteiger partial charge in [-0.1, -0.05) is 51.2 Å². The lowest BCUT2D eigenvalue weighted by molar-refractivity contribution is 0.0656. The summed E-state index contributed by atoms with van der Waals surface area (Å²) in [5.74, 6) is -0.989. The fourth-order valence-corrected chi connectivity index (χ4v) is 5.30. The Morgan fingerprint density at radius 1 is 0.962 bits per heavy atom. The smallest absolute Gasteiger partial charge is 0.261 e. The van der Waals surface area contributed by atoms with E-state index in [2.05, 4.69) is 6.92 Å². The number of hydrogen-bond acceptors (Lipinski definition) is 4. The van der Waals surface area contributed by atoms with Crippen molar-refractivity contribution in [2.45, 2.75) is 50.7 Å². The molecule has 26 heavy (non-hydrogen) atoms. The van der Waals surface area contributed by atoms with Crippen molar-refractivity contribution in [3.63, 3.8) is 0 Å². The van der Waals surface area contributed by atoms with Gasteiger partial charge in [-0.3, -0.25) is 14.5 Å². The summed E-state index contributed by atoms with van der Waals surface area (Å²) in [5.41, 5.74) is 0.637. The molecule has 7 heteroatoms. The fraction of sp³-hybridized carbons (Fsp3) is 0.579. The highest BCUT2D eigenvalue weighted by Gasteiger charge is 2.38. The molecular weight excluding hydrogens is 374 g/mol. The number of benzene rings is 1. The van der Waals surface area contributed by atoms with Gasteiger partial charge in [-0.05, 0) is 18.6 Å². The molecule has 1 heterocycles. The summed E-state index contributed by atoms with van der Waals surface area (Å²) in [6.07, 6.45) is 5.89. The molecule has 1 unspecified atom stereocenters. The second-order valence-electron chi connectivity index (χ2n) is 6.68. The third-order valence-corrected chi connectivity index (χ3v) is 7.47. The van der Waals surface area contributed by atoms with E-state index in [1.165, 1.54) is 0 Å². The Morgan fingerprint density at radius 3 is 2.04 bits per heavy atom. The molecule has 5 nitrogen and oxygen atoms in total. The van der Waals surface area contributed by atoms with Crippen LogP contribution in [0.5, 0.6) is 0 Å². The highest BCUT2D eigenvalue weighted by atomic mass is 35.5. The molecule has 1 aromatic rings. The Hall–Kier alpha value is -1.40. The first-order valence-electron chi connectivity index (χ1n) is 9.15. The first-order valence-corrected chi connectivity index (χ1v) is 11.4. The molecule has 0 fully saturated rings. The predicted molar refractivity (Wildman–Crippen MR) is 103 cm³/mol. The molecule has 0 aliphatic carbocycles. The third-order valence-electron chi connectivity index (χ3n) is 4.73. The Balaban J connectivity index is 1.96. The molecule has 2 amide bonds. The first-order chi connectivity index (χ1) is 12.4. The van der Waals surface area contributed by atoms with Gasteiger partial charge in [-0.15, -0.1) is 11.6 Å². The number of hydrogen-bond donors (Lipinski definition) is 0. The molecule has 0 saturated heterocycles. The number of sulfone groups is 1. The number of amides is 2. The molecule has 1 atom stereocenters. The molecule has 0 N–H and O–H groups in total. The van der Waals surface area contributed by atoms with Crippen LogP contribution in [0.15, 0.2) is 24.3 Å². The zero-order valence-electron chi connectivity index (χ0n) is 15.1. The lowest BCUT2D eigenvalue weighted by atomic mass is 10.1. The van der Waals surface area contributed by atoms with Crippen molar-refractivity contribution in [1.82, 2.24) is 4.90 Å². The van der Waals surface area contributed by atoms with Gasteiger partial charge >= 0.3 is 0 Å². The normalized spacial score (nSPS) is 15.4. The van der Waals surface area contributed by atoms with Gasteiger partial charge in [-0.25, -0.2) is 8.42 Å². The van der Waals surface area contributed by atoms with Crippen molar-refractivity contribution < 1.29 is 18.0 Å². The van der Waals surface area contributed by atoms with E-state index in [1.807, 2.05) is 0 Å². The zero-order valence-corrected chi connectivity index (χ0v) is 16.7. The van der Waals surface area contributed by atoms with Crippen molar-refractivity contribution in [2.24, 2.45) is 0 Å². The van der Waals surface area contributed by atoms with E-state index < -0.39 is 26.9 Å². The minimum atomic E-state index is -3.46.